The maximum absolute atomic E-state index is 6.09. The Kier molecular flexibility index (Phi) is 4.39. The molecule has 2 saturated heterocycles. The van der Waals surface area contributed by atoms with Crippen LogP contribution in [-0.2, 0) is 11.3 Å². The molecule has 3 aliphatic rings. The Balaban J connectivity index is 1.36. The molecule has 0 aromatic carbocycles. The van der Waals surface area contributed by atoms with E-state index in [1.807, 2.05) is 24.4 Å². The third kappa shape index (κ3) is 3.59. The number of hydrogen-bond donors (Lipinski definition) is 0. The van der Waals surface area contributed by atoms with Crippen LogP contribution in [0.1, 0.15) is 25.0 Å². The first-order valence-electron chi connectivity index (χ1n) is 9.12. The highest BCUT2D eigenvalue weighted by Crippen LogP contribution is 2.45. The molecular formula is C19H29N3O. The van der Waals surface area contributed by atoms with Crippen LogP contribution in [-0.4, -0.2) is 61.2 Å². The standard InChI is InChI=1S/C19H29N3O/c1-21-9-7-19(14-21)15-22(10-16-5-6-16)11-17(19)12-23-13-18-4-2-3-8-20-18/h2-4,8,16-17H,5-7,9-15H2,1H3/t17-,19+/m0/s1. The van der Waals surface area contributed by atoms with E-state index in [1.54, 1.807) is 0 Å². The summed E-state index contributed by atoms with van der Waals surface area (Å²) >= 11 is 0. The fourth-order valence-electron chi connectivity index (χ4n) is 4.54. The Hall–Kier alpha value is -0.970. The summed E-state index contributed by atoms with van der Waals surface area (Å²) in [6.07, 6.45) is 6.08. The fourth-order valence-corrected chi connectivity index (χ4v) is 4.54. The van der Waals surface area contributed by atoms with Crippen molar-refractivity contribution in [3.63, 3.8) is 0 Å². The second-order valence-electron chi connectivity index (χ2n) is 8.02. The first-order chi connectivity index (χ1) is 11.2. The van der Waals surface area contributed by atoms with E-state index < -0.39 is 0 Å². The van der Waals surface area contributed by atoms with Crippen molar-refractivity contribution in [3.05, 3.63) is 30.1 Å². The van der Waals surface area contributed by atoms with Gasteiger partial charge in [0.05, 0.1) is 18.9 Å². The molecule has 4 nitrogen and oxygen atoms in total. The van der Waals surface area contributed by atoms with Crippen molar-refractivity contribution in [2.24, 2.45) is 17.3 Å². The number of aromatic nitrogens is 1. The van der Waals surface area contributed by atoms with Gasteiger partial charge in [-0.3, -0.25) is 4.98 Å². The quantitative estimate of drug-likeness (QED) is 0.805. The molecule has 3 heterocycles. The van der Waals surface area contributed by atoms with E-state index in [0.717, 1.165) is 18.2 Å². The molecule has 0 radical (unpaired) electrons. The lowest BCUT2D eigenvalue weighted by Gasteiger charge is -2.30. The SMILES string of the molecule is CN1CC[C@@]2(C1)CN(CC1CC1)C[C@H]2COCc1ccccn1. The van der Waals surface area contributed by atoms with Crippen molar-refractivity contribution >= 4 is 0 Å². The third-order valence-corrected chi connectivity index (χ3v) is 5.97. The van der Waals surface area contributed by atoms with Crippen LogP contribution in [0.2, 0.25) is 0 Å². The van der Waals surface area contributed by atoms with E-state index in [-0.39, 0.29) is 0 Å². The van der Waals surface area contributed by atoms with Gasteiger partial charge in [-0.1, -0.05) is 6.07 Å². The molecule has 0 N–H and O–H groups in total. The van der Waals surface area contributed by atoms with Crippen molar-refractivity contribution < 1.29 is 4.74 Å². The lowest BCUT2D eigenvalue weighted by molar-refractivity contribution is 0.0512. The highest BCUT2D eigenvalue weighted by Gasteiger charge is 2.50. The van der Waals surface area contributed by atoms with Crippen LogP contribution in [0.25, 0.3) is 0 Å². The maximum atomic E-state index is 6.09. The van der Waals surface area contributed by atoms with Gasteiger partial charge in [0.15, 0.2) is 0 Å². The molecule has 0 unspecified atom stereocenters. The van der Waals surface area contributed by atoms with Gasteiger partial charge in [-0.2, -0.15) is 0 Å². The molecule has 126 valence electrons. The average molecular weight is 315 g/mol. The summed E-state index contributed by atoms with van der Waals surface area (Å²) in [5.74, 6) is 1.66. The van der Waals surface area contributed by atoms with Gasteiger partial charge in [-0.05, 0) is 50.9 Å². The Bertz CT molecular complexity index is 519. The molecule has 0 amide bonds. The topological polar surface area (TPSA) is 28.6 Å². The number of hydrogen-bond acceptors (Lipinski definition) is 4. The van der Waals surface area contributed by atoms with E-state index in [2.05, 4.69) is 21.8 Å². The minimum absolute atomic E-state index is 0.466. The van der Waals surface area contributed by atoms with Crippen molar-refractivity contribution in [1.29, 1.82) is 0 Å². The van der Waals surface area contributed by atoms with Gasteiger partial charge in [-0.15, -0.1) is 0 Å². The van der Waals surface area contributed by atoms with Crippen molar-refractivity contribution in [2.45, 2.75) is 25.9 Å². The smallest absolute Gasteiger partial charge is 0.0887 e. The molecule has 2 atom stereocenters. The molecule has 1 aromatic rings. The van der Waals surface area contributed by atoms with Crippen molar-refractivity contribution in [1.82, 2.24) is 14.8 Å². The Morgan fingerprint density at radius 2 is 2.22 bits per heavy atom. The average Bonchev–Trinajstić information content (AvgIpc) is 3.20. The summed E-state index contributed by atoms with van der Waals surface area (Å²) in [7, 11) is 2.27. The maximum Gasteiger partial charge on any atom is 0.0887 e. The Morgan fingerprint density at radius 1 is 1.30 bits per heavy atom. The molecule has 23 heavy (non-hydrogen) atoms. The largest absolute Gasteiger partial charge is 0.375 e. The van der Waals surface area contributed by atoms with E-state index in [0.29, 0.717) is 17.9 Å². The monoisotopic (exact) mass is 315 g/mol. The number of ether oxygens (including phenoxy) is 1. The van der Waals surface area contributed by atoms with Gasteiger partial charge in [0.1, 0.15) is 0 Å². The van der Waals surface area contributed by atoms with Gasteiger partial charge in [-0.25, -0.2) is 0 Å². The van der Waals surface area contributed by atoms with Crippen LogP contribution in [0.15, 0.2) is 24.4 Å². The molecule has 1 saturated carbocycles. The molecule has 1 aliphatic carbocycles. The summed E-state index contributed by atoms with van der Waals surface area (Å²) in [4.78, 5) is 9.60. The summed E-state index contributed by atoms with van der Waals surface area (Å²) in [6, 6.07) is 6.04. The van der Waals surface area contributed by atoms with Gasteiger partial charge in [0, 0.05) is 43.7 Å². The first-order valence-corrected chi connectivity index (χ1v) is 9.12. The van der Waals surface area contributed by atoms with E-state index >= 15 is 0 Å². The zero-order valence-corrected chi connectivity index (χ0v) is 14.3. The van der Waals surface area contributed by atoms with Gasteiger partial charge in [0.25, 0.3) is 0 Å². The number of rotatable bonds is 6. The van der Waals surface area contributed by atoms with E-state index in [9.17, 15) is 0 Å². The van der Waals surface area contributed by atoms with Crippen LogP contribution in [0, 0.1) is 17.3 Å². The summed E-state index contributed by atoms with van der Waals surface area (Å²) in [6.45, 7) is 7.84. The second-order valence-corrected chi connectivity index (χ2v) is 8.02. The molecule has 1 spiro atoms. The van der Waals surface area contributed by atoms with Gasteiger partial charge >= 0.3 is 0 Å². The number of likely N-dealkylation sites (tertiary alicyclic amines) is 2. The Morgan fingerprint density at radius 3 is 2.91 bits per heavy atom. The van der Waals surface area contributed by atoms with Crippen LogP contribution in [0.5, 0.6) is 0 Å². The van der Waals surface area contributed by atoms with Crippen LogP contribution < -0.4 is 0 Å². The summed E-state index contributed by atoms with van der Waals surface area (Å²) in [5, 5.41) is 0. The van der Waals surface area contributed by atoms with Crippen LogP contribution in [0.4, 0.5) is 0 Å². The zero-order valence-electron chi connectivity index (χ0n) is 14.3. The third-order valence-electron chi connectivity index (χ3n) is 5.97. The molecule has 0 bridgehead atoms. The molecule has 4 heteroatoms. The molecule has 2 aliphatic heterocycles. The molecule has 1 aromatic heterocycles. The van der Waals surface area contributed by atoms with Crippen LogP contribution >= 0.6 is 0 Å². The number of pyridine rings is 1. The summed E-state index contributed by atoms with van der Waals surface area (Å²) < 4.78 is 6.09. The van der Waals surface area contributed by atoms with Gasteiger partial charge in [0.2, 0.25) is 0 Å². The first kappa shape index (κ1) is 15.6. The minimum atomic E-state index is 0.466. The highest BCUT2D eigenvalue weighted by atomic mass is 16.5. The molecule has 4 rings (SSSR count). The van der Waals surface area contributed by atoms with E-state index in [1.165, 1.54) is 52.0 Å². The predicted octanol–water partition coefficient (Wildman–Crippen LogP) is 2.26. The molecular weight excluding hydrogens is 286 g/mol. The Labute approximate surface area is 139 Å². The minimum Gasteiger partial charge on any atom is -0.375 e. The molecule has 3 fully saturated rings. The van der Waals surface area contributed by atoms with Crippen molar-refractivity contribution in [3.8, 4) is 0 Å². The van der Waals surface area contributed by atoms with Gasteiger partial charge < -0.3 is 14.5 Å². The van der Waals surface area contributed by atoms with Crippen molar-refractivity contribution in [2.75, 3.05) is 46.4 Å². The highest BCUT2D eigenvalue weighted by molar-refractivity contribution is 5.04. The number of nitrogens with zero attached hydrogens (tertiary/aromatic N) is 3. The van der Waals surface area contributed by atoms with E-state index in [4.69, 9.17) is 4.74 Å². The normalized spacial score (nSPS) is 32.1. The fraction of sp³-hybridized carbons (Fsp3) is 0.737. The lowest BCUT2D eigenvalue weighted by atomic mass is 9.78. The predicted molar refractivity (Wildman–Crippen MR) is 91.1 cm³/mol. The second kappa shape index (κ2) is 6.50. The van der Waals surface area contributed by atoms with Crippen LogP contribution in [0.3, 0.4) is 0 Å². The lowest BCUT2D eigenvalue weighted by Crippen LogP contribution is -2.35. The zero-order chi connectivity index (χ0) is 15.7. The summed E-state index contributed by atoms with van der Waals surface area (Å²) in [5.41, 5.74) is 1.51.